The predicted octanol–water partition coefficient (Wildman–Crippen LogP) is 7.04. The smallest absolute Gasteiger partial charge is 0.133 e. The molecule has 0 aromatic rings. The molecule has 176 valence electrons. The van der Waals surface area contributed by atoms with E-state index < -0.39 is 0 Å². The van der Waals surface area contributed by atoms with E-state index in [4.69, 9.17) is 0 Å². The first-order chi connectivity index (χ1) is 14.3. The average molecular weight is 429 g/mol. The maximum absolute atomic E-state index is 12.7. The second kappa shape index (κ2) is 6.61. The van der Waals surface area contributed by atoms with Crippen LogP contribution in [0.25, 0.3) is 0 Å². The lowest BCUT2D eigenvalue weighted by Crippen LogP contribution is -2.66. The lowest BCUT2D eigenvalue weighted by Gasteiger charge is -2.72. The van der Waals surface area contributed by atoms with Gasteiger partial charge in [-0.3, -0.25) is 4.79 Å². The number of carbonyl (C=O) groups is 1. The highest BCUT2D eigenvalue weighted by molar-refractivity contribution is 5.79. The molecule has 0 radical (unpaired) electrons. The normalized spacial score (nSPS) is 57.9. The third-order valence-corrected chi connectivity index (χ3v) is 13.4. The lowest BCUT2D eigenvalue weighted by atomic mass is 9.32. The first-order valence-electron chi connectivity index (χ1n) is 13.5. The fourth-order valence-electron chi connectivity index (χ4n) is 11.4. The monoisotopic (exact) mass is 428 g/mol. The molecule has 31 heavy (non-hydrogen) atoms. The minimum Gasteiger partial charge on any atom is -0.393 e. The van der Waals surface area contributed by atoms with Crippen molar-refractivity contribution in [1.29, 1.82) is 0 Å². The fraction of sp³-hybridized carbons (Fsp3) is 0.966. The van der Waals surface area contributed by atoms with Gasteiger partial charge in [0, 0.05) is 5.92 Å². The Bertz CT molecular complexity index is 771. The highest BCUT2D eigenvalue weighted by Crippen LogP contribution is 2.77. The van der Waals surface area contributed by atoms with Crippen LogP contribution in [-0.2, 0) is 4.79 Å². The van der Waals surface area contributed by atoms with Gasteiger partial charge in [-0.15, -0.1) is 0 Å². The zero-order valence-corrected chi connectivity index (χ0v) is 21.4. The molecule has 5 aliphatic carbocycles. The molecule has 5 rings (SSSR count). The molecule has 0 aromatic heterocycles. The van der Waals surface area contributed by atoms with Crippen LogP contribution in [0.2, 0.25) is 0 Å². The average Bonchev–Trinajstić information content (AvgIpc) is 3.04. The van der Waals surface area contributed by atoms with Crippen molar-refractivity contribution in [2.75, 3.05) is 0 Å². The van der Waals surface area contributed by atoms with Crippen LogP contribution in [0.3, 0.4) is 0 Å². The Morgan fingerprint density at radius 3 is 2.13 bits per heavy atom. The maximum atomic E-state index is 12.7. The Morgan fingerprint density at radius 1 is 0.742 bits per heavy atom. The van der Waals surface area contributed by atoms with E-state index >= 15 is 0 Å². The van der Waals surface area contributed by atoms with E-state index in [-0.39, 0.29) is 11.5 Å². The first kappa shape index (κ1) is 22.4. The van der Waals surface area contributed by atoms with Gasteiger partial charge in [0.2, 0.25) is 0 Å². The van der Waals surface area contributed by atoms with Crippen molar-refractivity contribution in [1.82, 2.24) is 0 Å². The number of carbonyl (C=O) groups excluding carboxylic acids is 1. The molecule has 0 unspecified atom stereocenters. The zero-order chi connectivity index (χ0) is 22.6. The molecular weight excluding hydrogens is 380 g/mol. The van der Waals surface area contributed by atoms with Crippen LogP contribution in [0.4, 0.5) is 0 Å². The van der Waals surface area contributed by atoms with Crippen LogP contribution in [0, 0.1) is 56.7 Å². The van der Waals surface area contributed by atoms with Gasteiger partial charge >= 0.3 is 0 Å². The van der Waals surface area contributed by atoms with Gasteiger partial charge in [0.1, 0.15) is 5.78 Å². The molecule has 2 heteroatoms. The summed E-state index contributed by atoms with van der Waals surface area (Å²) < 4.78 is 0. The van der Waals surface area contributed by atoms with Gasteiger partial charge in [-0.2, -0.15) is 0 Å². The van der Waals surface area contributed by atoms with Crippen molar-refractivity contribution in [3.8, 4) is 0 Å². The summed E-state index contributed by atoms with van der Waals surface area (Å²) in [5.41, 5.74) is 1.49. The van der Waals surface area contributed by atoms with E-state index in [0.717, 1.165) is 18.8 Å². The molecule has 0 aliphatic heterocycles. The van der Waals surface area contributed by atoms with Gasteiger partial charge in [-0.1, -0.05) is 41.5 Å². The van der Waals surface area contributed by atoms with Crippen LogP contribution < -0.4 is 0 Å². The molecule has 0 amide bonds. The molecule has 5 aliphatic rings. The van der Waals surface area contributed by atoms with Crippen LogP contribution in [0.5, 0.6) is 0 Å². The SMILES string of the molecule is CC(=O)[C@@H]1CC[C@]2(C)CC[C@]3(C)[C@H](CC[C@@H]4[C@@]5(C)CC[C@@H](O)C(C)(C)[C@H]5CC[C@]43C)[C@@H]12. The van der Waals surface area contributed by atoms with E-state index in [0.29, 0.717) is 51.1 Å². The van der Waals surface area contributed by atoms with Gasteiger partial charge in [0.15, 0.2) is 0 Å². The number of aliphatic hydroxyl groups is 1. The summed E-state index contributed by atoms with van der Waals surface area (Å²) in [5, 5.41) is 10.9. The molecule has 0 aromatic carbocycles. The molecule has 0 saturated heterocycles. The van der Waals surface area contributed by atoms with Crippen molar-refractivity contribution in [2.45, 2.75) is 119 Å². The third-order valence-electron chi connectivity index (χ3n) is 13.4. The van der Waals surface area contributed by atoms with Crippen LogP contribution in [0.15, 0.2) is 0 Å². The number of Topliss-reactive ketones (excluding diaryl/α,β-unsaturated/α-hetero) is 1. The molecule has 1 N–H and O–H groups in total. The van der Waals surface area contributed by atoms with Crippen LogP contribution in [-0.4, -0.2) is 17.0 Å². The molecule has 2 nitrogen and oxygen atoms in total. The Morgan fingerprint density at radius 2 is 1.45 bits per heavy atom. The first-order valence-corrected chi connectivity index (χ1v) is 13.5. The topological polar surface area (TPSA) is 37.3 Å². The Hall–Kier alpha value is -0.370. The molecule has 10 atom stereocenters. The summed E-state index contributed by atoms with van der Waals surface area (Å²) in [7, 11) is 0. The van der Waals surface area contributed by atoms with Crippen molar-refractivity contribution in [3.05, 3.63) is 0 Å². The number of ketones is 1. The number of fused-ring (bicyclic) bond motifs is 7. The fourth-order valence-corrected chi connectivity index (χ4v) is 11.4. The Kier molecular flexibility index (Phi) is 4.78. The largest absolute Gasteiger partial charge is 0.393 e. The maximum Gasteiger partial charge on any atom is 0.133 e. The second-order valence-electron chi connectivity index (χ2n) is 14.5. The number of hydrogen-bond donors (Lipinski definition) is 1. The number of hydrogen-bond acceptors (Lipinski definition) is 2. The molecule has 0 bridgehead atoms. The van der Waals surface area contributed by atoms with Gasteiger partial charge in [-0.25, -0.2) is 0 Å². The lowest BCUT2D eigenvalue weighted by molar-refractivity contribution is -0.246. The predicted molar refractivity (Wildman–Crippen MR) is 127 cm³/mol. The Labute approximate surface area is 191 Å². The summed E-state index contributed by atoms with van der Waals surface area (Å²) in [4.78, 5) is 12.7. The minimum absolute atomic E-state index is 0.0302. The molecular formula is C29H48O2. The molecule has 0 heterocycles. The standard InChI is InChI=1S/C29H48O2/c1-18(30)19-10-13-26(4)16-17-28(6)20(24(19)26)8-9-22-27(5)14-12-23(31)25(2,3)21(27)11-15-29(22,28)7/h19-24,31H,8-17H2,1-7H3/t19-,20+,21+,22+,23+,24+,26+,27-,28+,29+/m0/s1. The van der Waals surface area contributed by atoms with Crippen LogP contribution >= 0.6 is 0 Å². The molecule has 0 spiro atoms. The van der Waals surface area contributed by atoms with E-state index in [1.54, 1.807) is 0 Å². The third kappa shape index (κ3) is 2.64. The summed E-state index contributed by atoms with van der Waals surface area (Å²) in [5.74, 6) is 3.48. The van der Waals surface area contributed by atoms with Crippen molar-refractivity contribution in [3.63, 3.8) is 0 Å². The van der Waals surface area contributed by atoms with Crippen molar-refractivity contribution < 1.29 is 9.90 Å². The zero-order valence-electron chi connectivity index (χ0n) is 21.4. The number of aliphatic hydroxyl groups excluding tert-OH is 1. The van der Waals surface area contributed by atoms with E-state index in [2.05, 4.69) is 41.5 Å². The highest BCUT2D eigenvalue weighted by Gasteiger charge is 2.70. The highest BCUT2D eigenvalue weighted by atomic mass is 16.3. The second-order valence-corrected chi connectivity index (χ2v) is 14.5. The van der Waals surface area contributed by atoms with Gasteiger partial charge in [0.05, 0.1) is 6.10 Å². The quantitative estimate of drug-likeness (QED) is 0.486. The van der Waals surface area contributed by atoms with E-state index in [1.165, 1.54) is 51.4 Å². The van der Waals surface area contributed by atoms with E-state index in [1.807, 2.05) is 6.92 Å². The van der Waals surface area contributed by atoms with E-state index in [9.17, 15) is 9.90 Å². The van der Waals surface area contributed by atoms with Crippen LogP contribution in [0.1, 0.15) is 113 Å². The Balaban J connectivity index is 1.54. The molecule has 5 fully saturated rings. The summed E-state index contributed by atoms with van der Waals surface area (Å²) in [6.45, 7) is 17.0. The van der Waals surface area contributed by atoms with Gasteiger partial charge in [0.25, 0.3) is 0 Å². The summed E-state index contributed by atoms with van der Waals surface area (Å²) in [6.07, 6.45) is 12.3. The number of rotatable bonds is 1. The van der Waals surface area contributed by atoms with Crippen molar-refractivity contribution in [2.24, 2.45) is 56.7 Å². The molecule has 5 saturated carbocycles. The summed E-state index contributed by atoms with van der Waals surface area (Å²) in [6, 6.07) is 0. The van der Waals surface area contributed by atoms with Crippen molar-refractivity contribution >= 4 is 5.78 Å². The van der Waals surface area contributed by atoms with Gasteiger partial charge < -0.3 is 5.11 Å². The minimum atomic E-state index is -0.146. The van der Waals surface area contributed by atoms with Gasteiger partial charge in [-0.05, 0) is 122 Å². The summed E-state index contributed by atoms with van der Waals surface area (Å²) >= 11 is 0.